The van der Waals surface area contributed by atoms with Gasteiger partial charge in [0, 0.05) is 87.8 Å². The summed E-state index contributed by atoms with van der Waals surface area (Å²) in [5.41, 5.74) is 4.01. The minimum absolute atomic E-state index is 0.0924. The lowest BCUT2D eigenvalue weighted by Crippen LogP contribution is -2.50. The van der Waals surface area contributed by atoms with Crippen molar-refractivity contribution >= 4 is 54.2 Å². The van der Waals surface area contributed by atoms with Crippen molar-refractivity contribution in [1.29, 1.82) is 5.26 Å². The van der Waals surface area contributed by atoms with Crippen molar-refractivity contribution in [3.05, 3.63) is 46.0 Å². The molecular formula is C35H46F3N9O2S2. The van der Waals surface area contributed by atoms with E-state index in [4.69, 9.17) is 0 Å². The Morgan fingerprint density at radius 1 is 1.02 bits per heavy atom. The lowest BCUT2D eigenvalue weighted by atomic mass is 10.0. The van der Waals surface area contributed by atoms with Crippen LogP contribution in [0.25, 0.3) is 21.1 Å². The maximum absolute atomic E-state index is 13.1. The Hall–Kier alpha value is -3.49. The second kappa shape index (κ2) is 15.2. The highest BCUT2D eigenvalue weighted by Gasteiger charge is 2.30. The minimum Gasteiger partial charge on any atom is -0.367 e. The van der Waals surface area contributed by atoms with Crippen LogP contribution in [0.15, 0.2) is 24.3 Å². The van der Waals surface area contributed by atoms with E-state index in [1.807, 2.05) is 19.9 Å². The van der Waals surface area contributed by atoms with E-state index in [1.165, 1.54) is 5.56 Å². The second-order valence-corrected chi connectivity index (χ2v) is 17.2. The second-order valence-electron chi connectivity index (χ2n) is 14.1. The molecule has 3 aromatic heterocycles. The molecule has 51 heavy (non-hydrogen) atoms. The number of alkyl halides is 3. The molecule has 2 saturated heterocycles. The van der Waals surface area contributed by atoms with Gasteiger partial charge in [-0.05, 0) is 55.0 Å². The summed E-state index contributed by atoms with van der Waals surface area (Å²) in [5.74, 6) is 1.19. The number of aryl methyl sites for hydroxylation is 1. The van der Waals surface area contributed by atoms with Crippen LogP contribution in [-0.4, -0.2) is 108 Å². The van der Waals surface area contributed by atoms with Gasteiger partial charge in [0.25, 0.3) is 0 Å². The van der Waals surface area contributed by atoms with Crippen molar-refractivity contribution < 1.29 is 21.6 Å². The summed E-state index contributed by atoms with van der Waals surface area (Å²) in [7, 11) is -1.54. The average molecular weight is 746 g/mol. The quantitative estimate of drug-likeness (QED) is 0.190. The van der Waals surface area contributed by atoms with Gasteiger partial charge in [0.05, 0.1) is 17.6 Å². The zero-order chi connectivity index (χ0) is 36.5. The largest absolute Gasteiger partial charge is 0.393 e. The number of benzene rings is 1. The van der Waals surface area contributed by atoms with Crippen LogP contribution in [0, 0.1) is 24.2 Å². The first-order valence-electron chi connectivity index (χ1n) is 17.5. The Kier molecular flexibility index (Phi) is 11.1. The number of sulfonamides is 1. The van der Waals surface area contributed by atoms with Crippen LogP contribution in [0.4, 0.5) is 24.9 Å². The van der Waals surface area contributed by atoms with Crippen LogP contribution in [0.5, 0.6) is 0 Å². The normalized spacial score (nSPS) is 17.5. The first-order chi connectivity index (χ1) is 24.2. The van der Waals surface area contributed by atoms with Gasteiger partial charge in [0.15, 0.2) is 0 Å². The van der Waals surface area contributed by atoms with Crippen LogP contribution < -0.4 is 10.6 Å². The minimum atomic E-state index is -4.29. The summed E-state index contributed by atoms with van der Waals surface area (Å²) in [6, 6.07) is 10.3. The smallest absolute Gasteiger partial charge is 0.367 e. The monoisotopic (exact) mass is 745 g/mol. The fraction of sp³-hybridized carbons (Fsp3) is 0.571. The molecule has 5 heterocycles. The van der Waals surface area contributed by atoms with Gasteiger partial charge in [-0.15, -0.1) is 11.3 Å². The number of rotatable bonds is 12. The first kappa shape index (κ1) is 37.3. The van der Waals surface area contributed by atoms with Gasteiger partial charge < -0.3 is 15.2 Å². The molecule has 0 atom stereocenters. The summed E-state index contributed by atoms with van der Waals surface area (Å²) in [6.45, 7) is 12.1. The van der Waals surface area contributed by atoms with Gasteiger partial charge in [0.2, 0.25) is 16.0 Å². The number of nitrogens with one attached hydrogen (secondary N) is 2. The summed E-state index contributed by atoms with van der Waals surface area (Å²) >= 11 is 1.05. The standard InChI is InChI=1S/C35H46F3N9O2S2/c1-23(2)22-51(48,49)46-14-11-44(12-15-46)13-16-47-27(20-39)17-29-24(3)25(5-6-31(29)47)21-45-9-7-26(8-10-45)41-32-30-18-28(19-35(36,37)38)50-33(30)43-34(40-4)42-32/h5-6,17-18,23,26H,7-16,19,21-22H2,1-4H3,(H2,40,41,42,43). The van der Waals surface area contributed by atoms with E-state index in [9.17, 15) is 26.9 Å². The molecule has 0 spiro atoms. The van der Waals surface area contributed by atoms with Crippen molar-refractivity contribution in [3.8, 4) is 6.07 Å². The number of likely N-dealkylation sites (tertiary alicyclic amines) is 1. The third-order valence-corrected chi connectivity index (χ3v) is 13.1. The Morgan fingerprint density at radius 2 is 1.75 bits per heavy atom. The maximum Gasteiger partial charge on any atom is 0.393 e. The fourth-order valence-corrected chi connectivity index (χ4v) is 10.0. The number of piperazine rings is 1. The number of anilines is 2. The van der Waals surface area contributed by atoms with E-state index in [0.717, 1.165) is 66.8 Å². The number of piperidine rings is 1. The Labute approximate surface area is 301 Å². The van der Waals surface area contributed by atoms with Crippen molar-refractivity contribution in [2.24, 2.45) is 5.92 Å². The highest BCUT2D eigenvalue weighted by Crippen LogP contribution is 2.35. The van der Waals surface area contributed by atoms with Crippen LogP contribution in [0.3, 0.4) is 0 Å². The number of aromatic nitrogens is 3. The Balaban J connectivity index is 1.06. The maximum atomic E-state index is 13.1. The molecule has 16 heteroatoms. The number of hydrogen-bond acceptors (Lipinski definition) is 10. The summed E-state index contributed by atoms with van der Waals surface area (Å²) in [6.07, 6.45) is -3.56. The Bertz CT molecular complexity index is 2000. The molecule has 0 radical (unpaired) electrons. The molecule has 2 fully saturated rings. The molecule has 2 aliphatic heterocycles. The molecule has 2 aliphatic rings. The predicted molar refractivity (Wildman–Crippen MR) is 197 cm³/mol. The molecule has 6 rings (SSSR count). The molecule has 0 amide bonds. The van der Waals surface area contributed by atoms with Gasteiger partial charge in [0.1, 0.15) is 22.4 Å². The zero-order valence-corrected chi connectivity index (χ0v) is 31.2. The van der Waals surface area contributed by atoms with Gasteiger partial charge in [-0.25, -0.2) is 13.4 Å². The molecule has 4 aromatic rings. The van der Waals surface area contributed by atoms with Crippen LogP contribution >= 0.6 is 11.3 Å². The fourth-order valence-electron chi connectivity index (χ4n) is 7.17. The van der Waals surface area contributed by atoms with E-state index >= 15 is 0 Å². The highest BCUT2D eigenvalue weighted by atomic mass is 32.2. The van der Waals surface area contributed by atoms with E-state index < -0.39 is 22.6 Å². The van der Waals surface area contributed by atoms with E-state index in [2.05, 4.69) is 60.1 Å². The summed E-state index contributed by atoms with van der Waals surface area (Å²) in [5, 5.41) is 18.1. The number of fused-ring (bicyclic) bond motifs is 2. The number of halogens is 3. The van der Waals surface area contributed by atoms with Gasteiger partial charge >= 0.3 is 6.18 Å². The Morgan fingerprint density at radius 3 is 2.39 bits per heavy atom. The van der Waals surface area contributed by atoms with Crippen LogP contribution in [0.2, 0.25) is 0 Å². The van der Waals surface area contributed by atoms with Crippen molar-refractivity contribution in [1.82, 2.24) is 28.6 Å². The molecule has 0 aliphatic carbocycles. The molecular weight excluding hydrogens is 700 g/mol. The third kappa shape index (κ3) is 8.77. The lowest BCUT2D eigenvalue weighted by molar-refractivity contribution is -0.126. The molecule has 0 unspecified atom stereocenters. The average Bonchev–Trinajstić information content (AvgIpc) is 3.65. The molecule has 2 N–H and O–H groups in total. The van der Waals surface area contributed by atoms with Crippen LogP contribution in [0.1, 0.15) is 48.4 Å². The highest BCUT2D eigenvalue weighted by molar-refractivity contribution is 7.89. The SMILES string of the molecule is CNc1nc(NC2CCN(Cc3ccc4c(cc(C#N)n4CCN4CCN(S(=O)(=O)CC(C)C)CC4)c3C)CC2)c2cc(CC(F)(F)F)sc2n1. The van der Waals surface area contributed by atoms with Crippen molar-refractivity contribution in [2.45, 2.75) is 65.3 Å². The van der Waals surface area contributed by atoms with Gasteiger partial charge in [-0.3, -0.25) is 9.80 Å². The molecule has 276 valence electrons. The van der Waals surface area contributed by atoms with Crippen molar-refractivity contribution in [3.63, 3.8) is 0 Å². The van der Waals surface area contributed by atoms with E-state index in [-0.39, 0.29) is 22.6 Å². The van der Waals surface area contributed by atoms with Crippen molar-refractivity contribution in [2.75, 3.05) is 69.2 Å². The lowest BCUT2D eigenvalue weighted by Gasteiger charge is -2.34. The first-order valence-corrected chi connectivity index (χ1v) is 19.9. The summed E-state index contributed by atoms with van der Waals surface area (Å²) < 4.78 is 68.3. The molecule has 1 aromatic carbocycles. The number of thiophene rings is 1. The van der Waals surface area contributed by atoms with E-state index in [0.29, 0.717) is 60.4 Å². The zero-order valence-electron chi connectivity index (χ0n) is 29.6. The summed E-state index contributed by atoms with van der Waals surface area (Å²) in [4.78, 5) is 14.4. The molecule has 0 bridgehead atoms. The molecule has 11 nitrogen and oxygen atoms in total. The molecule has 0 saturated carbocycles. The number of nitrogens with zero attached hydrogens (tertiary/aromatic N) is 7. The van der Waals surface area contributed by atoms with Gasteiger partial charge in [-0.1, -0.05) is 19.9 Å². The van der Waals surface area contributed by atoms with E-state index in [1.54, 1.807) is 17.4 Å². The van der Waals surface area contributed by atoms with Gasteiger partial charge in [-0.2, -0.15) is 27.7 Å². The number of nitriles is 1. The topological polar surface area (TPSA) is 122 Å². The van der Waals surface area contributed by atoms with Crippen LogP contribution in [-0.2, 0) is 29.5 Å². The predicted octanol–water partition coefficient (Wildman–Crippen LogP) is 5.65. The number of hydrogen-bond donors (Lipinski definition) is 2. The third-order valence-electron chi connectivity index (χ3n) is 9.85.